The van der Waals surface area contributed by atoms with Gasteiger partial charge in [-0.3, -0.25) is 0 Å². The third-order valence-corrected chi connectivity index (χ3v) is 9.20. The maximum atomic E-state index is 13.5. The van der Waals surface area contributed by atoms with Gasteiger partial charge in [0.05, 0.1) is 20.9 Å². The average molecular weight is 534 g/mol. The molecule has 0 bridgehead atoms. The van der Waals surface area contributed by atoms with Gasteiger partial charge in [-0.1, -0.05) is 27.5 Å². The number of aromatic nitrogens is 1. The van der Waals surface area contributed by atoms with Crippen LogP contribution in [0, 0.1) is 11.6 Å². The second-order valence-electron chi connectivity index (χ2n) is 6.95. The van der Waals surface area contributed by atoms with Crippen molar-refractivity contribution in [2.75, 3.05) is 18.0 Å². The Morgan fingerprint density at radius 1 is 1.10 bits per heavy atom. The summed E-state index contributed by atoms with van der Waals surface area (Å²) < 4.78 is 53.4. The third-order valence-electron chi connectivity index (χ3n) is 5.06. The third kappa shape index (κ3) is 4.26. The molecule has 1 saturated heterocycles. The van der Waals surface area contributed by atoms with E-state index in [-0.39, 0.29) is 9.92 Å². The molecule has 2 aromatic carbocycles. The fraction of sp³-hybridized carbons (Fsp3) is 0.250. The normalized spacial score (nSPS) is 15.5. The van der Waals surface area contributed by atoms with Gasteiger partial charge < -0.3 is 4.90 Å². The van der Waals surface area contributed by atoms with Crippen LogP contribution >= 0.6 is 38.9 Å². The van der Waals surface area contributed by atoms with Crippen LogP contribution < -0.4 is 4.90 Å². The average Bonchev–Trinajstić information content (AvgIpc) is 3.20. The molecule has 1 aliphatic heterocycles. The Hall–Kier alpha value is -1.55. The first kappa shape index (κ1) is 21.7. The first-order valence-corrected chi connectivity index (χ1v) is 12.7. The van der Waals surface area contributed by atoms with Crippen LogP contribution in [0.15, 0.2) is 51.1 Å². The summed E-state index contributed by atoms with van der Waals surface area (Å²) in [7, 11) is -3.54. The Morgan fingerprint density at radius 2 is 1.83 bits per heavy atom. The Bertz CT molecular complexity index is 1200. The van der Waals surface area contributed by atoms with E-state index >= 15 is 0 Å². The summed E-state index contributed by atoms with van der Waals surface area (Å²) in [5.74, 6) is -1.82. The number of piperidine rings is 1. The predicted octanol–water partition coefficient (Wildman–Crippen LogP) is 5.95. The van der Waals surface area contributed by atoms with Crippen molar-refractivity contribution in [3.63, 3.8) is 0 Å². The molecule has 158 valence electrons. The summed E-state index contributed by atoms with van der Waals surface area (Å²) in [6.45, 7) is 1.06. The van der Waals surface area contributed by atoms with Gasteiger partial charge in [-0.2, -0.15) is 0 Å². The number of rotatable bonds is 4. The maximum absolute atomic E-state index is 13.5. The Morgan fingerprint density at radius 3 is 2.50 bits per heavy atom. The Kier molecular flexibility index (Phi) is 6.16. The molecule has 0 N–H and O–H groups in total. The topological polar surface area (TPSA) is 50.3 Å². The van der Waals surface area contributed by atoms with Gasteiger partial charge in [0.25, 0.3) is 0 Å². The molecule has 0 spiro atoms. The van der Waals surface area contributed by atoms with Crippen molar-refractivity contribution >= 4 is 53.8 Å². The standard InChI is InChI=1S/C20H16BrClF2N2O2S2/c21-13-2-4-19(15(22)10-13)30(27,28)14-5-7-26(8-6-14)20-25-18(11-29-20)12-1-3-16(23)17(24)9-12/h1-4,9-11,14H,5-8H2. The van der Waals surface area contributed by atoms with E-state index < -0.39 is 26.7 Å². The molecule has 4 nitrogen and oxygen atoms in total. The lowest BCUT2D eigenvalue weighted by atomic mass is 10.1. The number of hydrogen-bond acceptors (Lipinski definition) is 5. The van der Waals surface area contributed by atoms with Crippen molar-refractivity contribution in [2.24, 2.45) is 0 Å². The van der Waals surface area contributed by atoms with E-state index in [1.165, 1.54) is 23.5 Å². The monoisotopic (exact) mass is 532 g/mol. The minimum absolute atomic E-state index is 0.153. The molecule has 0 aliphatic carbocycles. The van der Waals surface area contributed by atoms with E-state index in [1.807, 2.05) is 4.90 Å². The van der Waals surface area contributed by atoms with Gasteiger partial charge in [0.15, 0.2) is 26.6 Å². The van der Waals surface area contributed by atoms with E-state index in [0.717, 1.165) is 21.7 Å². The highest BCUT2D eigenvalue weighted by Gasteiger charge is 2.33. The van der Waals surface area contributed by atoms with E-state index in [0.29, 0.717) is 37.2 Å². The summed E-state index contributed by atoms with van der Waals surface area (Å²) in [6.07, 6.45) is 0.906. The van der Waals surface area contributed by atoms with Crippen LogP contribution in [-0.4, -0.2) is 31.7 Å². The maximum Gasteiger partial charge on any atom is 0.185 e. The van der Waals surface area contributed by atoms with Crippen LogP contribution in [0.3, 0.4) is 0 Å². The van der Waals surface area contributed by atoms with E-state index in [1.54, 1.807) is 17.5 Å². The summed E-state index contributed by atoms with van der Waals surface area (Å²) in [4.78, 5) is 6.69. The molecular formula is C20H16BrClF2N2O2S2. The summed E-state index contributed by atoms with van der Waals surface area (Å²) in [5, 5.41) is 2.21. The molecule has 0 saturated carbocycles. The first-order valence-electron chi connectivity index (χ1n) is 9.10. The minimum atomic E-state index is -3.54. The van der Waals surface area contributed by atoms with Crippen LogP contribution in [0.4, 0.5) is 13.9 Å². The highest BCUT2D eigenvalue weighted by atomic mass is 79.9. The first-order chi connectivity index (χ1) is 14.3. The van der Waals surface area contributed by atoms with Crippen LogP contribution in [0.1, 0.15) is 12.8 Å². The van der Waals surface area contributed by atoms with E-state index in [4.69, 9.17) is 11.6 Å². The van der Waals surface area contributed by atoms with Gasteiger partial charge in [-0.25, -0.2) is 22.2 Å². The number of thiazole rings is 1. The zero-order chi connectivity index (χ0) is 21.5. The molecule has 2 heterocycles. The SMILES string of the molecule is O=S(=O)(c1ccc(Br)cc1Cl)C1CCN(c2nc(-c3ccc(F)c(F)c3)cs2)CC1. The summed E-state index contributed by atoms with van der Waals surface area (Å²) in [5.41, 5.74) is 1.06. The van der Waals surface area contributed by atoms with Gasteiger partial charge in [0.1, 0.15) is 0 Å². The lowest BCUT2D eigenvalue weighted by Crippen LogP contribution is -2.39. The quantitative estimate of drug-likeness (QED) is 0.416. The number of sulfone groups is 1. The number of anilines is 1. The van der Waals surface area contributed by atoms with Gasteiger partial charge in [0.2, 0.25) is 0 Å². The fourth-order valence-electron chi connectivity index (χ4n) is 3.44. The van der Waals surface area contributed by atoms with Crippen LogP contribution in [-0.2, 0) is 9.84 Å². The largest absolute Gasteiger partial charge is 0.348 e. The van der Waals surface area contributed by atoms with Crippen molar-refractivity contribution in [2.45, 2.75) is 23.0 Å². The number of benzene rings is 2. The lowest BCUT2D eigenvalue weighted by Gasteiger charge is -2.31. The zero-order valence-electron chi connectivity index (χ0n) is 15.5. The zero-order valence-corrected chi connectivity index (χ0v) is 19.5. The molecule has 1 aliphatic rings. The lowest BCUT2D eigenvalue weighted by molar-refractivity contribution is 0.509. The fourth-order valence-corrected chi connectivity index (χ4v) is 7.10. The van der Waals surface area contributed by atoms with Gasteiger partial charge in [-0.15, -0.1) is 11.3 Å². The van der Waals surface area contributed by atoms with E-state index in [9.17, 15) is 17.2 Å². The van der Waals surface area contributed by atoms with Gasteiger partial charge >= 0.3 is 0 Å². The highest BCUT2D eigenvalue weighted by Crippen LogP contribution is 2.34. The second-order valence-corrected chi connectivity index (χ2v) is 11.3. The number of hydrogen-bond donors (Lipinski definition) is 0. The number of halogens is 4. The van der Waals surface area contributed by atoms with Crippen molar-refractivity contribution in [1.82, 2.24) is 4.98 Å². The number of nitrogens with zero attached hydrogens (tertiary/aromatic N) is 2. The van der Waals surface area contributed by atoms with Gasteiger partial charge in [-0.05, 0) is 49.2 Å². The van der Waals surface area contributed by atoms with Crippen molar-refractivity contribution in [1.29, 1.82) is 0 Å². The van der Waals surface area contributed by atoms with Gasteiger partial charge in [0, 0.05) is 28.5 Å². The smallest absolute Gasteiger partial charge is 0.185 e. The van der Waals surface area contributed by atoms with Crippen molar-refractivity contribution in [3.05, 3.63) is 62.9 Å². The molecule has 30 heavy (non-hydrogen) atoms. The molecule has 1 fully saturated rings. The van der Waals surface area contributed by atoms with Crippen LogP contribution in [0.2, 0.25) is 5.02 Å². The summed E-state index contributed by atoms with van der Waals surface area (Å²) in [6, 6.07) is 8.46. The molecule has 0 atom stereocenters. The van der Waals surface area contributed by atoms with Crippen molar-refractivity contribution in [3.8, 4) is 11.3 Å². The second kappa shape index (κ2) is 8.53. The molecule has 10 heteroatoms. The minimum Gasteiger partial charge on any atom is -0.348 e. The molecule has 0 unspecified atom stereocenters. The molecular weight excluding hydrogens is 518 g/mol. The molecule has 4 rings (SSSR count). The van der Waals surface area contributed by atoms with Crippen LogP contribution in [0.25, 0.3) is 11.3 Å². The molecule has 3 aromatic rings. The van der Waals surface area contributed by atoms with Crippen LogP contribution in [0.5, 0.6) is 0 Å². The Labute approximate surface area is 190 Å². The molecule has 0 radical (unpaired) electrons. The summed E-state index contributed by atoms with van der Waals surface area (Å²) >= 11 is 10.8. The molecule has 0 amide bonds. The molecule has 1 aromatic heterocycles. The highest BCUT2D eigenvalue weighted by molar-refractivity contribution is 9.10. The Balaban J connectivity index is 1.47. The predicted molar refractivity (Wildman–Crippen MR) is 119 cm³/mol. The van der Waals surface area contributed by atoms with E-state index in [2.05, 4.69) is 20.9 Å². The van der Waals surface area contributed by atoms with Crippen molar-refractivity contribution < 1.29 is 17.2 Å².